The number of pyridine rings is 1. The van der Waals surface area contributed by atoms with Crippen LogP contribution in [0.2, 0.25) is 5.02 Å². The molecule has 2 unspecified atom stereocenters. The molecule has 0 aliphatic carbocycles. The van der Waals surface area contributed by atoms with Gasteiger partial charge in [0.25, 0.3) is 0 Å². The number of halogens is 1. The molecule has 0 spiro atoms. The minimum absolute atomic E-state index is 0.174. The summed E-state index contributed by atoms with van der Waals surface area (Å²) < 4.78 is 0. The van der Waals surface area contributed by atoms with Crippen LogP contribution in [0.1, 0.15) is 28.9 Å². The van der Waals surface area contributed by atoms with Crippen LogP contribution in [0.25, 0.3) is 11.4 Å². The third kappa shape index (κ3) is 3.14. The highest BCUT2D eigenvalue weighted by Gasteiger charge is 2.31. The van der Waals surface area contributed by atoms with Gasteiger partial charge in [0.05, 0.1) is 16.6 Å². The molecule has 0 fully saturated rings. The van der Waals surface area contributed by atoms with Gasteiger partial charge in [0, 0.05) is 28.6 Å². The predicted molar refractivity (Wildman–Crippen MR) is 105 cm³/mol. The summed E-state index contributed by atoms with van der Waals surface area (Å²) in [6.45, 7) is 5.24. The van der Waals surface area contributed by atoms with Gasteiger partial charge in [0.15, 0.2) is 5.82 Å². The van der Waals surface area contributed by atoms with Crippen molar-refractivity contribution in [2.75, 3.05) is 11.9 Å². The Morgan fingerprint density at radius 1 is 1.24 bits per heavy atom. The van der Waals surface area contributed by atoms with Crippen LogP contribution in [0.15, 0.2) is 42.6 Å². The van der Waals surface area contributed by atoms with E-state index in [-0.39, 0.29) is 5.25 Å². The number of benzene rings is 1. The summed E-state index contributed by atoms with van der Waals surface area (Å²) in [6.07, 6.45) is 1.81. The molecule has 1 aromatic carbocycles. The molecule has 4 rings (SSSR count). The van der Waals surface area contributed by atoms with Crippen LogP contribution in [0.4, 0.5) is 5.82 Å². The lowest BCUT2D eigenvalue weighted by atomic mass is 9.98. The lowest BCUT2D eigenvalue weighted by Crippen LogP contribution is -2.11. The molecule has 3 aromatic rings. The van der Waals surface area contributed by atoms with E-state index in [9.17, 15) is 0 Å². The Kier molecular flexibility index (Phi) is 4.44. The maximum Gasteiger partial charge on any atom is 0.153 e. The van der Waals surface area contributed by atoms with Gasteiger partial charge in [0.2, 0.25) is 0 Å². The van der Waals surface area contributed by atoms with Crippen molar-refractivity contribution in [3.05, 3.63) is 64.3 Å². The third-order valence-corrected chi connectivity index (χ3v) is 6.06. The number of aromatic amines is 1. The van der Waals surface area contributed by atoms with Gasteiger partial charge in [-0.15, -0.1) is 11.8 Å². The number of thioether (sulfide) groups is 1. The van der Waals surface area contributed by atoms with E-state index < -0.39 is 0 Å². The van der Waals surface area contributed by atoms with E-state index in [2.05, 4.69) is 40.4 Å². The van der Waals surface area contributed by atoms with E-state index in [1.54, 1.807) is 0 Å². The van der Waals surface area contributed by atoms with Crippen molar-refractivity contribution < 1.29 is 0 Å². The Labute approximate surface area is 156 Å². The van der Waals surface area contributed by atoms with Gasteiger partial charge < -0.3 is 5.32 Å². The number of fused-ring (bicyclic) bond motifs is 1. The first kappa shape index (κ1) is 16.5. The van der Waals surface area contributed by atoms with Crippen molar-refractivity contribution in [2.24, 2.45) is 0 Å². The van der Waals surface area contributed by atoms with E-state index in [1.807, 2.05) is 48.3 Å². The Bertz CT molecular complexity index is 894. The number of aryl methyl sites for hydroxylation is 1. The lowest BCUT2D eigenvalue weighted by Gasteiger charge is -2.21. The molecule has 1 aliphatic rings. The second kappa shape index (κ2) is 6.73. The zero-order chi connectivity index (χ0) is 17.4. The first-order valence-electron chi connectivity index (χ1n) is 8.28. The van der Waals surface area contributed by atoms with Crippen molar-refractivity contribution in [3.8, 4) is 11.4 Å². The fourth-order valence-corrected chi connectivity index (χ4v) is 4.84. The highest BCUT2D eigenvalue weighted by Crippen LogP contribution is 2.47. The summed E-state index contributed by atoms with van der Waals surface area (Å²) in [7, 11) is 0. The van der Waals surface area contributed by atoms with Gasteiger partial charge >= 0.3 is 0 Å². The van der Waals surface area contributed by atoms with Gasteiger partial charge in [-0.3, -0.25) is 10.1 Å². The zero-order valence-corrected chi connectivity index (χ0v) is 15.7. The SMILES string of the molecule is Cc1cc(Cl)ccc1C1SC(C)CNc2n[nH]c(-c3ccccn3)c21. The summed E-state index contributed by atoms with van der Waals surface area (Å²) in [5.74, 6) is 0.914. The molecule has 0 radical (unpaired) electrons. The molecule has 0 amide bonds. The van der Waals surface area contributed by atoms with Gasteiger partial charge in [0.1, 0.15) is 0 Å². The Hall–Kier alpha value is -1.98. The van der Waals surface area contributed by atoms with Crippen LogP contribution in [0.3, 0.4) is 0 Å². The Morgan fingerprint density at radius 3 is 2.88 bits per heavy atom. The highest BCUT2D eigenvalue weighted by molar-refractivity contribution is 8.00. The molecule has 4 nitrogen and oxygen atoms in total. The lowest BCUT2D eigenvalue weighted by molar-refractivity contribution is 0.980. The summed E-state index contributed by atoms with van der Waals surface area (Å²) in [6, 6.07) is 12.1. The zero-order valence-electron chi connectivity index (χ0n) is 14.1. The number of rotatable bonds is 2. The van der Waals surface area contributed by atoms with Crippen LogP contribution in [0, 0.1) is 6.92 Å². The molecule has 3 heterocycles. The van der Waals surface area contributed by atoms with E-state index >= 15 is 0 Å². The van der Waals surface area contributed by atoms with Crippen molar-refractivity contribution >= 4 is 29.2 Å². The molecule has 0 saturated carbocycles. The number of H-pyrrole nitrogens is 1. The maximum atomic E-state index is 6.18. The van der Waals surface area contributed by atoms with Gasteiger partial charge in [-0.25, -0.2) is 0 Å². The fourth-order valence-electron chi connectivity index (χ4n) is 3.20. The van der Waals surface area contributed by atoms with E-state index in [4.69, 9.17) is 11.6 Å². The summed E-state index contributed by atoms with van der Waals surface area (Å²) in [4.78, 5) is 4.51. The second-order valence-corrected chi connectivity index (χ2v) is 8.27. The van der Waals surface area contributed by atoms with Crippen LogP contribution in [0.5, 0.6) is 0 Å². The maximum absolute atomic E-state index is 6.18. The van der Waals surface area contributed by atoms with Crippen LogP contribution >= 0.6 is 23.4 Å². The molecule has 2 N–H and O–H groups in total. The molecule has 0 saturated heterocycles. The number of hydrogen-bond acceptors (Lipinski definition) is 4. The fraction of sp³-hybridized carbons (Fsp3) is 0.263. The standard InChI is InChI=1S/C19H19ClN4S/c1-11-9-13(20)6-7-14(11)18-16-17(15-5-3-4-8-21-15)23-24-19(16)22-10-12(2)25-18/h3-9,12,18H,10H2,1-2H3,(H2,22,23,24). The summed E-state index contributed by atoms with van der Waals surface area (Å²) in [5, 5.41) is 12.6. The molecule has 0 bridgehead atoms. The molecular weight excluding hydrogens is 352 g/mol. The molecule has 128 valence electrons. The monoisotopic (exact) mass is 370 g/mol. The normalized spacial score (nSPS) is 19.8. The predicted octanol–water partition coefficient (Wildman–Crippen LogP) is 5.07. The number of nitrogens with one attached hydrogen (secondary N) is 2. The number of anilines is 1. The van der Waals surface area contributed by atoms with E-state index in [1.165, 1.54) is 16.7 Å². The summed E-state index contributed by atoms with van der Waals surface area (Å²) in [5.41, 5.74) is 5.51. The van der Waals surface area contributed by atoms with Crippen molar-refractivity contribution in [3.63, 3.8) is 0 Å². The van der Waals surface area contributed by atoms with Gasteiger partial charge in [-0.2, -0.15) is 5.10 Å². The first-order valence-corrected chi connectivity index (χ1v) is 9.60. The molecule has 2 aromatic heterocycles. The molecule has 1 aliphatic heterocycles. The largest absolute Gasteiger partial charge is 0.367 e. The third-order valence-electron chi connectivity index (χ3n) is 4.43. The number of hydrogen-bond donors (Lipinski definition) is 2. The molecule has 2 atom stereocenters. The highest BCUT2D eigenvalue weighted by atomic mass is 35.5. The van der Waals surface area contributed by atoms with Gasteiger partial charge in [-0.05, 0) is 42.3 Å². The Morgan fingerprint density at radius 2 is 2.12 bits per heavy atom. The summed E-state index contributed by atoms with van der Waals surface area (Å²) >= 11 is 8.12. The van der Waals surface area contributed by atoms with Gasteiger partial charge in [-0.1, -0.05) is 30.7 Å². The minimum Gasteiger partial charge on any atom is -0.367 e. The van der Waals surface area contributed by atoms with E-state index in [0.717, 1.165) is 28.8 Å². The second-order valence-electron chi connectivity index (χ2n) is 6.28. The average molecular weight is 371 g/mol. The van der Waals surface area contributed by atoms with Crippen molar-refractivity contribution in [2.45, 2.75) is 24.3 Å². The quantitative estimate of drug-likeness (QED) is 0.661. The molecule has 25 heavy (non-hydrogen) atoms. The topological polar surface area (TPSA) is 53.6 Å². The van der Waals surface area contributed by atoms with Crippen LogP contribution in [-0.4, -0.2) is 27.0 Å². The van der Waals surface area contributed by atoms with Crippen LogP contribution < -0.4 is 5.32 Å². The average Bonchev–Trinajstić information content (AvgIpc) is 2.96. The van der Waals surface area contributed by atoms with Crippen molar-refractivity contribution in [1.29, 1.82) is 0 Å². The minimum atomic E-state index is 0.174. The number of aromatic nitrogens is 3. The first-order chi connectivity index (χ1) is 12.1. The smallest absolute Gasteiger partial charge is 0.153 e. The van der Waals surface area contributed by atoms with Crippen molar-refractivity contribution in [1.82, 2.24) is 15.2 Å². The van der Waals surface area contributed by atoms with E-state index in [0.29, 0.717) is 5.25 Å². The molecular formula is C19H19ClN4S. The van der Waals surface area contributed by atoms with Crippen LogP contribution in [-0.2, 0) is 0 Å². The Balaban J connectivity index is 1.89. The number of nitrogens with zero attached hydrogens (tertiary/aromatic N) is 2. The molecule has 6 heteroatoms.